The average Bonchev–Trinajstić information content (AvgIpc) is 2.04. The topological polar surface area (TPSA) is 52.8 Å². The molecule has 11 heavy (non-hydrogen) atoms. The van der Waals surface area contributed by atoms with Gasteiger partial charge in [0.15, 0.2) is 0 Å². The first-order valence-corrected chi connectivity index (χ1v) is 3.26. The van der Waals surface area contributed by atoms with Gasteiger partial charge in [-0.25, -0.2) is 0 Å². The summed E-state index contributed by atoms with van der Waals surface area (Å²) in [7, 11) is 0. The molecule has 0 unspecified atom stereocenters. The zero-order valence-corrected chi connectivity index (χ0v) is 5.94. The number of phenols is 1. The third-order valence-corrected chi connectivity index (χ3v) is 1.34. The summed E-state index contributed by atoms with van der Waals surface area (Å²) in [5, 5.41) is 19.9. The van der Waals surface area contributed by atoms with Crippen molar-refractivity contribution in [3.8, 4) is 5.75 Å². The molecule has 0 aliphatic rings. The van der Waals surface area contributed by atoms with E-state index in [1.807, 2.05) is 0 Å². The number of hydrogen-bond donors (Lipinski definition) is 2. The van der Waals surface area contributed by atoms with Crippen LogP contribution in [0.2, 0.25) is 0 Å². The van der Waals surface area contributed by atoms with Crippen LogP contribution in [-0.2, 0) is 6.42 Å². The van der Waals surface area contributed by atoms with Crippen LogP contribution in [0.5, 0.6) is 5.75 Å². The Morgan fingerprint density at radius 2 is 1.91 bits per heavy atom. The monoisotopic (exact) mass is 151 g/mol. The van der Waals surface area contributed by atoms with E-state index >= 15 is 0 Å². The maximum atomic E-state index is 8.90. The van der Waals surface area contributed by atoms with Gasteiger partial charge in [0.05, 0.1) is 0 Å². The molecular formula is C8H9NO2. The Kier molecular flexibility index (Phi) is 2.49. The molecule has 0 heterocycles. The minimum Gasteiger partial charge on any atom is -0.508 e. The summed E-state index contributed by atoms with van der Waals surface area (Å²) in [4.78, 5) is 0. The van der Waals surface area contributed by atoms with Gasteiger partial charge >= 0.3 is 0 Å². The van der Waals surface area contributed by atoms with Gasteiger partial charge in [0.25, 0.3) is 0 Å². The van der Waals surface area contributed by atoms with E-state index in [1.54, 1.807) is 24.3 Å². The summed E-state index contributed by atoms with van der Waals surface area (Å²) >= 11 is 0. The van der Waals surface area contributed by atoms with Crippen LogP contribution in [0.4, 0.5) is 0 Å². The first-order valence-electron chi connectivity index (χ1n) is 3.26. The molecular weight excluding hydrogens is 142 g/mol. The third-order valence-electron chi connectivity index (χ3n) is 1.34. The van der Waals surface area contributed by atoms with Crippen LogP contribution in [-0.4, -0.2) is 16.5 Å². The molecule has 3 heteroatoms. The van der Waals surface area contributed by atoms with E-state index in [0.717, 1.165) is 5.56 Å². The van der Waals surface area contributed by atoms with Gasteiger partial charge in [-0.05, 0) is 17.7 Å². The second-order valence-corrected chi connectivity index (χ2v) is 2.17. The first kappa shape index (κ1) is 7.60. The molecule has 0 aliphatic carbocycles. The highest BCUT2D eigenvalue weighted by Gasteiger charge is 1.89. The zero-order chi connectivity index (χ0) is 8.10. The van der Waals surface area contributed by atoms with Crippen molar-refractivity contribution in [2.24, 2.45) is 5.16 Å². The third kappa shape index (κ3) is 2.29. The summed E-state index contributed by atoms with van der Waals surface area (Å²) in [5.41, 5.74) is 1.00. The fraction of sp³-hybridized carbons (Fsp3) is 0.125. The summed E-state index contributed by atoms with van der Waals surface area (Å²) in [6.07, 6.45) is 1.98. The van der Waals surface area contributed by atoms with Crippen LogP contribution in [0.3, 0.4) is 0 Å². The summed E-state index contributed by atoms with van der Waals surface area (Å²) in [6, 6.07) is 6.75. The quantitative estimate of drug-likeness (QED) is 0.381. The number of nitrogens with zero attached hydrogens (tertiary/aromatic N) is 1. The van der Waals surface area contributed by atoms with Gasteiger partial charge in [-0.2, -0.15) is 0 Å². The Bertz CT molecular complexity index is 241. The molecule has 2 N–H and O–H groups in total. The lowest BCUT2D eigenvalue weighted by atomic mass is 10.2. The normalized spacial score (nSPS) is 10.5. The van der Waals surface area contributed by atoms with Gasteiger partial charge in [-0.15, -0.1) is 5.16 Å². The molecule has 0 atom stereocenters. The molecule has 0 spiro atoms. The molecule has 0 aliphatic heterocycles. The maximum Gasteiger partial charge on any atom is 0.115 e. The standard InChI is InChI=1S/C8H9NO2/c10-8-3-1-7(2-4-8)5-6-9-11/h1-4,6,10-11H,5H2. The second kappa shape index (κ2) is 3.61. The molecule has 0 radical (unpaired) electrons. The first-order chi connectivity index (χ1) is 5.33. The van der Waals surface area contributed by atoms with Crippen LogP contribution in [0, 0.1) is 0 Å². The van der Waals surface area contributed by atoms with E-state index in [9.17, 15) is 0 Å². The van der Waals surface area contributed by atoms with E-state index in [-0.39, 0.29) is 5.75 Å². The highest BCUT2D eigenvalue weighted by Crippen LogP contribution is 2.08. The lowest BCUT2D eigenvalue weighted by molar-refractivity contribution is 0.321. The number of benzene rings is 1. The van der Waals surface area contributed by atoms with Gasteiger partial charge in [0.1, 0.15) is 5.75 Å². The number of rotatable bonds is 2. The van der Waals surface area contributed by atoms with Gasteiger partial charge in [0, 0.05) is 12.6 Å². The van der Waals surface area contributed by atoms with Gasteiger partial charge in [-0.1, -0.05) is 12.1 Å². The molecule has 1 rings (SSSR count). The Labute approximate surface area is 64.6 Å². The van der Waals surface area contributed by atoms with Gasteiger partial charge < -0.3 is 10.3 Å². The van der Waals surface area contributed by atoms with Crippen molar-refractivity contribution >= 4 is 6.21 Å². The number of oxime groups is 1. The molecule has 0 amide bonds. The van der Waals surface area contributed by atoms with Crippen LogP contribution >= 0.6 is 0 Å². The fourth-order valence-electron chi connectivity index (χ4n) is 0.778. The molecule has 0 saturated heterocycles. The smallest absolute Gasteiger partial charge is 0.115 e. The molecule has 0 aromatic heterocycles. The van der Waals surface area contributed by atoms with Crippen molar-refractivity contribution in [2.45, 2.75) is 6.42 Å². The Morgan fingerprint density at radius 1 is 1.27 bits per heavy atom. The highest BCUT2D eigenvalue weighted by molar-refractivity contribution is 5.60. The summed E-state index contributed by atoms with van der Waals surface area (Å²) in [5.74, 6) is 0.245. The van der Waals surface area contributed by atoms with Crippen molar-refractivity contribution < 1.29 is 10.3 Å². The summed E-state index contributed by atoms with van der Waals surface area (Å²) in [6.45, 7) is 0. The molecule has 58 valence electrons. The minimum absolute atomic E-state index is 0.245. The van der Waals surface area contributed by atoms with Crippen molar-refractivity contribution in [2.75, 3.05) is 0 Å². The van der Waals surface area contributed by atoms with E-state index in [2.05, 4.69) is 5.16 Å². The predicted octanol–water partition coefficient (Wildman–Crippen LogP) is 1.39. The van der Waals surface area contributed by atoms with Crippen LogP contribution < -0.4 is 0 Å². The SMILES string of the molecule is ON=CCc1ccc(O)cc1. The van der Waals surface area contributed by atoms with E-state index < -0.39 is 0 Å². The van der Waals surface area contributed by atoms with Gasteiger partial charge in [0.2, 0.25) is 0 Å². The molecule has 1 aromatic rings. The molecule has 0 bridgehead atoms. The maximum absolute atomic E-state index is 8.90. The lowest BCUT2D eigenvalue weighted by Gasteiger charge is -1.94. The largest absolute Gasteiger partial charge is 0.508 e. The number of aromatic hydroxyl groups is 1. The number of hydrogen-bond acceptors (Lipinski definition) is 3. The van der Waals surface area contributed by atoms with Crippen molar-refractivity contribution in [1.29, 1.82) is 0 Å². The van der Waals surface area contributed by atoms with Crippen molar-refractivity contribution in [1.82, 2.24) is 0 Å². The Hall–Kier alpha value is -1.51. The van der Waals surface area contributed by atoms with E-state index in [4.69, 9.17) is 10.3 Å². The molecule has 3 nitrogen and oxygen atoms in total. The van der Waals surface area contributed by atoms with Crippen LogP contribution in [0.15, 0.2) is 29.4 Å². The second-order valence-electron chi connectivity index (χ2n) is 2.17. The zero-order valence-electron chi connectivity index (χ0n) is 5.94. The van der Waals surface area contributed by atoms with Crippen molar-refractivity contribution in [3.05, 3.63) is 29.8 Å². The Balaban J connectivity index is 2.66. The van der Waals surface area contributed by atoms with Gasteiger partial charge in [-0.3, -0.25) is 0 Å². The van der Waals surface area contributed by atoms with Crippen molar-refractivity contribution in [3.63, 3.8) is 0 Å². The fourth-order valence-corrected chi connectivity index (χ4v) is 0.778. The molecule has 1 aromatic carbocycles. The van der Waals surface area contributed by atoms with Crippen LogP contribution in [0.1, 0.15) is 5.56 Å². The lowest BCUT2D eigenvalue weighted by Crippen LogP contribution is -1.84. The average molecular weight is 151 g/mol. The molecule has 0 saturated carbocycles. The summed E-state index contributed by atoms with van der Waals surface area (Å²) < 4.78 is 0. The van der Waals surface area contributed by atoms with E-state index in [0.29, 0.717) is 6.42 Å². The number of phenolic OH excluding ortho intramolecular Hbond substituents is 1. The van der Waals surface area contributed by atoms with E-state index in [1.165, 1.54) is 6.21 Å². The van der Waals surface area contributed by atoms with Crippen LogP contribution in [0.25, 0.3) is 0 Å². The Morgan fingerprint density at radius 3 is 2.45 bits per heavy atom. The predicted molar refractivity (Wildman–Crippen MR) is 42.1 cm³/mol. The molecule has 0 fully saturated rings. The minimum atomic E-state index is 0.245. The highest BCUT2D eigenvalue weighted by atomic mass is 16.4.